The van der Waals surface area contributed by atoms with Crippen molar-refractivity contribution in [3.8, 4) is 0 Å². The van der Waals surface area contributed by atoms with E-state index in [4.69, 9.17) is 11.6 Å². The van der Waals surface area contributed by atoms with Crippen LogP contribution in [0, 0.1) is 0 Å². The van der Waals surface area contributed by atoms with Gasteiger partial charge in [0.05, 0.1) is 11.6 Å². The van der Waals surface area contributed by atoms with Crippen molar-refractivity contribution >= 4 is 34.4 Å². The van der Waals surface area contributed by atoms with E-state index in [0.29, 0.717) is 23.6 Å². The van der Waals surface area contributed by atoms with Crippen molar-refractivity contribution in [2.24, 2.45) is 0 Å². The topological polar surface area (TPSA) is 38.7 Å². The van der Waals surface area contributed by atoms with E-state index in [1.807, 2.05) is 42.7 Å². The lowest BCUT2D eigenvalue weighted by Crippen LogP contribution is -1.99. The van der Waals surface area contributed by atoms with Crippen molar-refractivity contribution < 1.29 is 0 Å². The molecule has 3 heterocycles. The molecule has 0 spiro atoms. The van der Waals surface area contributed by atoms with Gasteiger partial charge in [0, 0.05) is 60.6 Å². The maximum absolute atomic E-state index is 5.46. The van der Waals surface area contributed by atoms with Crippen LogP contribution in [0.5, 0.6) is 0 Å². The molecule has 0 bridgehead atoms. The number of benzene rings is 8. The summed E-state index contributed by atoms with van der Waals surface area (Å²) < 4.78 is 0. The lowest BCUT2D eigenvalue weighted by atomic mass is 9.94. The molecule has 3 atom stereocenters. The average molecular weight is 1130 g/mol. The number of hydrogen-bond acceptors (Lipinski definition) is 3. The summed E-state index contributed by atoms with van der Waals surface area (Å²) >= 11 is 5.46. The first-order valence-electron chi connectivity index (χ1n) is 30.2. The monoisotopic (exact) mass is 1130 g/mol. The van der Waals surface area contributed by atoms with Crippen molar-refractivity contribution in [2.75, 3.05) is 0 Å². The largest absolute Gasteiger partial charge is 0.261 e. The fourth-order valence-electron chi connectivity index (χ4n) is 12.0. The second-order valence-electron chi connectivity index (χ2n) is 22.1. The molecule has 86 heavy (non-hydrogen) atoms. The molecule has 0 amide bonds. The Labute approximate surface area is 514 Å². The quantitative estimate of drug-likeness (QED) is 0.108. The fourth-order valence-corrected chi connectivity index (χ4v) is 12.2. The number of aromatic nitrogens is 3. The normalized spacial score (nSPS) is 15.1. The lowest BCUT2D eigenvalue weighted by molar-refractivity contribution is 0.821. The number of nitrogens with zero attached hydrogens (tertiary/aromatic N) is 3. The Hall–Kier alpha value is -9.54. The number of pyridine rings is 3. The van der Waals surface area contributed by atoms with Crippen LogP contribution >= 0.6 is 11.6 Å². The van der Waals surface area contributed by atoms with Crippen LogP contribution in [-0.2, 0) is 50.8 Å². The number of halogens is 1. The molecule has 0 radical (unpaired) electrons. The highest BCUT2D eigenvalue weighted by molar-refractivity contribution is 6.16. The van der Waals surface area contributed by atoms with Crippen molar-refractivity contribution in [3.63, 3.8) is 0 Å². The first-order valence-corrected chi connectivity index (χ1v) is 30.7. The molecule has 3 unspecified atom stereocenters. The van der Waals surface area contributed by atoms with E-state index in [0.717, 1.165) is 62.0 Å². The van der Waals surface area contributed by atoms with E-state index in [1.54, 1.807) is 6.20 Å². The van der Waals surface area contributed by atoms with E-state index in [-0.39, 0.29) is 0 Å². The highest BCUT2D eigenvalue weighted by Crippen LogP contribution is 2.41. The molecule has 0 saturated heterocycles. The molecular weight excluding hydrogens is 1060 g/mol. The first kappa shape index (κ1) is 58.2. The van der Waals surface area contributed by atoms with Gasteiger partial charge >= 0.3 is 0 Å². The van der Waals surface area contributed by atoms with Gasteiger partial charge in [-0.25, -0.2) is 0 Å². The highest BCUT2D eigenvalue weighted by atomic mass is 35.5. The number of allylic oxidation sites excluding steroid dienone is 7. The second-order valence-corrected chi connectivity index (χ2v) is 22.4. The molecule has 0 saturated carbocycles. The minimum absolute atomic E-state index is 0.430. The zero-order chi connectivity index (χ0) is 58.4. The van der Waals surface area contributed by atoms with Gasteiger partial charge in [0.15, 0.2) is 0 Å². The average Bonchev–Trinajstić information content (AvgIpc) is 2.84. The van der Waals surface area contributed by atoms with E-state index in [2.05, 4.69) is 288 Å². The summed E-state index contributed by atoms with van der Waals surface area (Å²) in [6, 6.07) is 95.8. The van der Waals surface area contributed by atoms with Crippen LogP contribution < -0.4 is 0 Å². The molecule has 4 aliphatic rings. The molecule has 0 fully saturated rings. The smallest absolute Gasteiger partial charge is 0.0647 e. The van der Waals surface area contributed by atoms with Gasteiger partial charge in [-0.05, 0) is 152 Å². The molecule has 4 heteroatoms. The highest BCUT2D eigenvalue weighted by Gasteiger charge is 2.25. The SMILES string of the molecule is C1=C(Cc2ccccc2)c2ccccc2C1.C1=C(Cc2ccccc2)c2ccccc2C1Cc1ccccn1.C1=C(Cc2ccccn2)c2ccccc2C1Cc1ccccc1.C1=CC(Cc2ccccc2)c2ccccc21.ClCc1ccccn1. The predicted molar refractivity (Wildman–Crippen MR) is 361 cm³/mol. The number of hydrogen-bond donors (Lipinski definition) is 0. The van der Waals surface area contributed by atoms with Gasteiger partial charge in [-0.3, -0.25) is 15.0 Å². The molecule has 3 nitrogen and oxygen atoms in total. The Morgan fingerprint density at radius 1 is 0.326 bits per heavy atom. The Kier molecular flexibility index (Phi) is 20.5. The number of fused-ring (bicyclic) bond motifs is 4. The first-order chi connectivity index (χ1) is 42.6. The molecule has 0 N–H and O–H groups in total. The summed E-state index contributed by atoms with van der Waals surface area (Å²) in [4.78, 5) is 12.9. The minimum Gasteiger partial charge on any atom is -0.261 e. The Balaban J connectivity index is 0.000000115. The third-order valence-electron chi connectivity index (χ3n) is 16.2. The zero-order valence-electron chi connectivity index (χ0n) is 48.7. The van der Waals surface area contributed by atoms with E-state index < -0.39 is 0 Å². The molecule has 15 rings (SSSR count). The number of rotatable bonds is 13. The predicted octanol–water partition coefficient (Wildman–Crippen LogP) is 19.8. The van der Waals surface area contributed by atoms with Crippen LogP contribution in [0.3, 0.4) is 0 Å². The summed E-state index contributed by atoms with van der Waals surface area (Å²) in [5, 5.41) is 0. The second kappa shape index (κ2) is 30.3. The van der Waals surface area contributed by atoms with Crippen LogP contribution in [0.1, 0.15) is 102 Å². The van der Waals surface area contributed by atoms with Gasteiger partial charge in [-0.1, -0.05) is 267 Å². The molecule has 0 aliphatic heterocycles. The van der Waals surface area contributed by atoms with Crippen LogP contribution in [-0.4, -0.2) is 15.0 Å². The van der Waals surface area contributed by atoms with Gasteiger partial charge in [0.1, 0.15) is 0 Å². The van der Waals surface area contributed by atoms with E-state index >= 15 is 0 Å². The Bertz CT molecular complexity index is 3850. The van der Waals surface area contributed by atoms with Gasteiger partial charge in [0.25, 0.3) is 0 Å². The fraction of sp³-hybridized carbons (Fsp3) is 0.134. The van der Waals surface area contributed by atoms with Crippen molar-refractivity contribution in [3.05, 3.63) is 400 Å². The summed E-state index contributed by atoms with van der Waals surface area (Å²) in [6.45, 7) is 0. The summed E-state index contributed by atoms with van der Waals surface area (Å²) in [6.07, 6.45) is 24.5. The molecule has 11 aromatic rings. The minimum atomic E-state index is 0.430. The molecule has 3 aromatic heterocycles. The summed E-state index contributed by atoms with van der Waals surface area (Å²) in [7, 11) is 0. The maximum atomic E-state index is 5.46. The Morgan fingerprint density at radius 3 is 1.28 bits per heavy atom. The lowest BCUT2D eigenvalue weighted by Gasteiger charge is -2.10. The molecule has 8 aromatic carbocycles. The standard InChI is InChI=1S/2C22H19N.2C16H14.C6H6ClN/c2*1-2-8-17(9-3-1)14-18-15-19(16-20-10-6-7-13-23-20)22-12-5-4-11-21(18)22;2*1-2-6-13(7-3-1)12-15-11-10-14-8-4-5-9-16(14)15;7-5-6-3-1-2-4-8-6/h1-13,15,19H,14,16H2;1-13,15,18H,14,16H2;1-9,11H,10,12H2;1-11,15H,12H2;1-4H,5H2. The van der Waals surface area contributed by atoms with Gasteiger partial charge in [-0.2, -0.15) is 0 Å². The van der Waals surface area contributed by atoms with Crippen LogP contribution in [0.15, 0.2) is 316 Å². The van der Waals surface area contributed by atoms with Crippen molar-refractivity contribution in [1.82, 2.24) is 15.0 Å². The van der Waals surface area contributed by atoms with Gasteiger partial charge in [-0.15, -0.1) is 11.6 Å². The van der Waals surface area contributed by atoms with Crippen LogP contribution in [0.2, 0.25) is 0 Å². The molecule has 4 aliphatic carbocycles. The zero-order valence-corrected chi connectivity index (χ0v) is 49.5. The van der Waals surface area contributed by atoms with Crippen LogP contribution in [0.25, 0.3) is 22.8 Å². The van der Waals surface area contributed by atoms with Crippen molar-refractivity contribution in [2.45, 2.75) is 68.6 Å². The summed E-state index contributed by atoms with van der Waals surface area (Å²) in [5.74, 6) is 1.95. The third-order valence-corrected chi connectivity index (χ3v) is 16.5. The number of alkyl halides is 1. The maximum Gasteiger partial charge on any atom is 0.0647 e. The van der Waals surface area contributed by atoms with E-state index in [9.17, 15) is 0 Å². The van der Waals surface area contributed by atoms with Crippen LogP contribution in [0.4, 0.5) is 0 Å². The summed E-state index contributed by atoms with van der Waals surface area (Å²) in [5.41, 5.74) is 24.5. The Morgan fingerprint density at radius 2 is 0.744 bits per heavy atom. The van der Waals surface area contributed by atoms with E-state index in [1.165, 1.54) is 83.5 Å². The third kappa shape index (κ3) is 16.0. The van der Waals surface area contributed by atoms with Crippen molar-refractivity contribution in [1.29, 1.82) is 0 Å². The van der Waals surface area contributed by atoms with Gasteiger partial charge in [0.2, 0.25) is 0 Å². The molecular formula is C82H72ClN3. The molecule has 422 valence electrons. The van der Waals surface area contributed by atoms with Gasteiger partial charge < -0.3 is 0 Å².